The lowest BCUT2D eigenvalue weighted by molar-refractivity contribution is -0.126. The highest BCUT2D eigenvalue weighted by Crippen LogP contribution is 2.29. The van der Waals surface area contributed by atoms with Crippen LogP contribution in [-0.4, -0.2) is 11.8 Å². The Labute approximate surface area is 74.5 Å². The third kappa shape index (κ3) is 2.07. The van der Waals surface area contributed by atoms with E-state index in [0.29, 0.717) is 5.78 Å². The van der Waals surface area contributed by atoms with Crippen LogP contribution >= 0.6 is 0 Å². The van der Waals surface area contributed by atoms with E-state index in [9.17, 15) is 4.79 Å². The van der Waals surface area contributed by atoms with Crippen LogP contribution in [-0.2, 0) is 4.79 Å². The number of carbonyl (C=O) groups is 1. The monoisotopic (exact) mass is 169 g/mol. The van der Waals surface area contributed by atoms with Crippen molar-refractivity contribution in [2.45, 2.75) is 45.6 Å². The summed E-state index contributed by atoms with van der Waals surface area (Å²) in [5.41, 5.74) is 5.75. The van der Waals surface area contributed by atoms with Crippen molar-refractivity contribution in [1.29, 1.82) is 0 Å². The second-order valence-electron chi connectivity index (χ2n) is 3.98. The number of hydrogen-bond acceptors (Lipinski definition) is 2. The molecule has 2 N–H and O–H groups in total. The van der Waals surface area contributed by atoms with Gasteiger partial charge in [-0.1, -0.05) is 13.3 Å². The van der Waals surface area contributed by atoms with E-state index in [1.807, 2.05) is 6.92 Å². The highest BCUT2D eigenvalue weighted by Gasteiger charge is 2.29. The van der Waals surface area contributed by atoms with Crippen LogP contribution in [0.15, 0.2) is 0 Å². The maximum atomic E-state index is 11.4. The summed E-state index contributed by atoms with van der Waals surface area (Å²) in [5, 5.41) is 0. The predicted octanol–water partition coefficient (Wildman–Crippen LogP) is 1.73. The van der Waals surface area contributed by atoms with Gasteiger partial charge in [-0.25, -0.2) is 0 Å². The average molecular weight is 169 g/mol. The van der Waals surface area contributed by atoms with E-state index in [0.717, 1.165) is 25.2 Å². The fourth-order valence-corrected chi connectivity index (χ4v) is 2.02. The summed E-state index contributed by atoms with van der Waals surface area (Å²) in [5.74, 6) is 1.26. The first-order chi connectivity index (χ1) is 5.65. The summed E-state index contributed by atoms with van der Waals surface area (Å²) in [6.07, 6.45) is 4.05. The van der Waals surface area contributed by atoms with Crippen molar-refractivity contribution in [1.82, 2.24) is 0 Å². The summed E-state index contributed by atoms with van der Waals surface area (Å²) in [4.78, 5) is 11.4. The lowest BCUT2D eigenvalue weighted by Crippen LogP contribution is -2.37. The Bertz CT molecular complexity index is 165. The van der Waals surface area contributed by atoms with E-state index >= 15 is 0 Å². The fourth-order valence-electron chi connectivity index (χ4n) is 2.02. The van der Waals surface area contributed by atoms with Gasteiger partial charge in [-0.15, -0.1) is 0 Å². The van der Waals surface area contributed by atoms with Crippen molar-refractivity contribution in [3.8, 4) is 0 Å². The minimum absolute atomic E-state index is 0.0480. The van der Waals surface area contributed by atoms with Gasteiger partial charge in [-0.05, 0) is 25.7 Å². The highest BCUT2D eigenvalue weighted by atomic mass is 16.1. The molecule has 0 aromatic heterocycles. The Hall–Kier alpha value is -0.370. The Morgan fingerprint density at radius 3 is 2.83 bits per heavy atom. The van der Waals surface area contributed by atoms with Crippen molar-refractivity contribution in [3.05, 3.63) is 0 Å². The van der Waals surface area contributed by atoms with E-state index < -0.39 is 0 Å². The quantitative estimate of drug-likeness (QED) is 0.684. The van der Waals surface area contributed by atoms with E-state index in [4.69, 9.17) is 5.73 Å². The van der Waals surface area contributed by atoms with E-state index in [1.165, 1.54) is 6.42 Å². The summed E-state index contributed by atoms with van der Waals surface area (Å²) >= 11 is 0. The molecular formula is C10H19NO. The first-order valence-corrected chi connectivity index (χ1v) is 4.93. The molecule has 1 rings (SSSR count). The lowest BCUT2D eigenvalue weighted by Gasteiger charge is -2.29. The SMILES string of the molecule is CCC1CCC(=O)C(C(C)N)C1. The molecule has 0 spiro atoms. The van der Waals surface area contributed by atoms with Gasteiger partial charge in [-0.3, -0.25) is 4.79 Å². The molecule has 1 aliphatic carbocycles. The van der Waals surface area contributed by atoms with Crippen LogP contribution in [0.3, 0.4) is 0 Å². The predicted molar refractivity (Wildman–Crippen MR) is 49.8 cm³/mol. The summed E-state index contributed by atoms with van der Waals surface area (Å²) in [6.45, 7) is 4.14. The van der Waals surface area contributed by atoms with Gasteiger partial charge < -0.3 is 5.73 Å². The molecule has 0 radical (unpaired) electrons. The largest absolute Gasteiger partial charge is 0.327 e. The van der Waals surface area contributed by atoms with Crippen molar-refractivity contribution in [2.24, 2.45) is 17.6 Å². The Morgan fingerprint density at radius 1 is 1.67 bits per heavy atom. The first-order valence-electron chi connectivity index (χ1n) is 4.93. The molecule has 0 saturated heterocycles. The van der Waals surface area contributed by atoms with Gasteiger partial charge in [0.1, 0.15) is 5.78 Å². The van der Waals surface area contributed by atoms with Gasteiger partial charge in [0.2, 0.25) is 0 Å². The molecule has 0 aromatic rings. The molecule has 0 amide bonds. The zero-order chi connectivity index (χ0) is 9.14. The molecule has 0 bridgehead atoms. The third-order valence-corrected chi connectivity index (χ3v) is 3.01. The number of ketones is 1. The molecule has 0 aromatic carbocycles. The molecule has 2 nitrogen and oxygen atoms in total. The normalized spacial score (nSPS) is 33.4. The summed E-state index contributed by atoms with van der Waals surface area (Å²) in [6, 6.07) is 0.0480. The van der Waals surface area contributed by atoms with Crippen LogP contribution in [0.2, 0.25) is 0 Å². The molecule has 70 valence electrons. The first kappa shape index (κ1) is 9.72. The Kier molecular flexibility index (Phi) is 3.27. The summed E-state index contributed by atoms with van der Waals surface area (Å²) < 4.78 is 0. The zero-order valence-electron chi connectivity index (χ0n) is 8.05. The van der Waals surface area contributed by atoms with Gasteiger partial charge >= 0.3 is 0 Å². The Morgan fingerprint density at radius 2 is 2.33 bits per heavy atom. The number of carbonyl (C=O) groups excluding carboxylic acids is 1. The van der Waals surface area contributed by atoms with E-state index in [2.05, 4.69) is 6.92 Å². The molecule has 1 aliphatic rings. The van der Waals surface area contributed by atoms with Crippen molar-refractivity contribution in [2.75, 3.05) is 0 Å². The average Bonchev–Trinajstić information content (AvgIpc) is 2.05. The third-order valence-electron chi connectivity index (χ3n) is 3.01. The van der Waals surface area contributed by atoms with E-state index in [1.54, 1.807) is 0 Å². The molecule has 1 fully saturated rings. The minimum atomic E-state index is 0.0480. The fraction of sp³-hybridized carbons (Fsp3) is 0.900. The number of Topliss-reactive ketones (excluding diaryl/α,β-unsaturated/α-hetero) is 1. The van der Waals surface area contributed by atoms with Crippen LogP contribution in [0, 0.1) is 11.8 Å². The van der Waals surface area contributed by atoms with Crippen LogP contribution in [0.5, 0.6) is 0 Å². The molecular weight excluding hydrogens is 150 g/mol. The van der Waals surface area contributed by atoms with Crippen LogP contribution in [0.25, 0.3) is 0 Å². The van der Waals surface area contributed by atoms with Crippen LogP contribution in [0.1, 0.15) is 39.5 Å². The second kappa shape index (κ2) is 4.04. The van der Waals surface area contributed by atoms with Gasteiger partial charge in [-0.2, -0.15) is 0 Å². The highest BCUT2D eigenvalue weighted by molar-refractivity contribution is 5.82. The maximum absolute atomic E-state index is 11.4. The second-order valence-corrected chi connectivity index (χ2v) is 3.98. The van der Waals surface area contributed by atoms with Crippen LogP contribution in [0.4, 0.5) is 0 Å². The number of rotatable bonds is 2. The van der Waals surface area contributed by atoms with E-state index in [-0.39, 0.29) is 12.0 Å². The molecule has 0 heterocycles. The smallest absolute Gasteiger partial charge is 0.137 e. The zero-order valence-corrected chi connectivity index (χ0v) is 8.05. The topological polar surface area (TPSA) is 43.1 Å². The molecule has 2 heteroatoms. The minimum Gasteiger partial charge on any atom is -0.327 e. The van der Waals surface area contributed by atoms with Crippen molar-refractivity contribution < 1.29 is 4.79 Å². The number of nitrogens with two attached hydrogens (primary N) is 1. The van der Waals surface area contributed by atoms with Gasteiger partial charge in [0.25, 0.3) is 0 Å². The summed E-state index contributed by atoms with van der Waals surface area (Å²) in [7, 11) is 0. The molecule has 3 atom stereocenters. The van der Waals surface area contributed by atoms with Crippen molar-refractivity contribution >= 4 is 5.78 Å². The molecule has 1 saturated carbocycles. The van der Waals surface area contributed by atoms with Gasteiger partial charge in [0.15, 0.2) is 0 Å². The molecule has 0 aliphatic heterocycles. The molecule has 12 heavy (non-hydrogen) atoms. The van der Waals surface area contributed by atoms with Crippen molar-refractivity contribution in [3.63, 3.8) is 0 Å². The molecule has 3 unspecified atom stereocenters. The van der Waals surface area contributed by atoms with Gasteiger partial charge in [0, 0.05) is 18.4 Å². The number of hydrogen-bond donors (Lipinski definition) is 1. The van der Waals surface area contributed by atoms with Crippen LogP contribution < -0.4 is 5.73 Å². The standard InChI is InChI=1S/C10H19NO/c1-3-8-4-5-10(12)9(6-8)7(2)11/h7-9H,3-6,11H2,1-2H3. The maximum Gasteiger partial charge on any atom is 0.137 e. The Balaban J connectivity index is 2.53. The lowest BCUT2D eigenvalue weighted by atomic mass is 9.76. The van der Waals surface area contributed by atoms with Gasteiger partial charge in [0.05, 0.1) is 0 Å².